The number of aryl methyl sites for hydroxylation is 3. The van der Waals surface area contributed by atoms with Gasteiger partial charge >= 0.3 is 0 Å². The topological polar surface area (TPSA) is 66.9 Å². The molecule has 0 spiro atoms. The zero-order valence-electron chi connectivity index (χ0n) is 19.8. The average molecular weight is 487 g/mol. The molecular weight excluding hydrogens is 459 g/mol. The number of anilines is 2. The van der Waals surface area contributed by atoms with Crippen molar-refractivity contribution in [3.05, 3.63) is 105 Å². The molecule has 2 aromatic carbocycles. The maximum atomic E-state index is 14.4. The SMILES string of the molecule is Cc1cc(C)nc(N[C@@H](c2cccc(F)c2)c2c(NC(=O)c3ccccc3)sc3c2CCCC3)n1. The van der Waals surface area contributed by atoms with Crippen LogP contribution in [-0.4, -0.2) is 15.9 Å². The summed E-state index contributed by atoms with van der Waals surface area (Å²) in [5.41, 5.74) is 5.26. The second-order valence-electron chi connectivity index (χ2n) is 8.88. The second kappa shape index (κ2) is 9.96. The number of nitrogens with one attached hydrogen (secondary N) is 2. The van der Waals surface area contributed by atoms with E-state index >= 15 is 0 Å². The third-order valence-electron chi connectivity index (χ3n) is 6.20. The molecule has 0 fully saturated rings. The first kappa shape index (κ1) is 23.2. The molecule has 1 amide bonds. The van der Waals surface area contributed by atoms with Crippen LogP contribution in [-0.2, 0) is 12.8 Å². The van der Waals surface area contributed by atoms with E-state index in [-0.39, 0.29) is 11.7 Å². The smallest absolute Gasteiger partial charge is 0.256 e. The highest BCUT2D eigenvalue weighted by atomic mass is 32.1. The molecule has 0 unspecified atom stereocenters. The van der Waals surface area contributed by atoms with E-state index in [9.17, 15) is 9.18 Å². The molecule has 0 radical (unpaired) electrons. The van der Waals surface area contributed by atoms with E-state index in [2.05, 4.69) is 20.6 Å². The quantitative estimate of drug-likeness (QED) is 0.321. The van der Waals surface area contributed by atoms with Gasteiger partial charge in [-0.15, -0.1) is 11.3 Å². The first-order valence-electron chi connectivity index (χ1n) is 11.8. The molecule has 0 aliphatic heterocycles. The lowest BCUT2D eigenvalue weighted by atomic mass is 9.89. The molecule has 0 bridgehead atoms. The molecule has 7 heteroatoms. The first-order valence-corrected chi connectivity index (χ1v) is 12.6. The zero-order chi connectivity index (χ0) is 24.4. The monoisotopic (exact) mass is 486 g/mol. The van der Waals surface area contributed by atoms with Crippen molar-refractivity contribution in [2.45, 2.75) is 45.6 Å². The molecule has 0 saturated heterocycles. The summed E-state index contributed by atoms with van der Waals surface area (Å²) in [7, 11) is 0. The van der Waals surface area contributed by atoms with Gasteiger partial charge in [-0.05, 0) is 81.0 Å². The third-order valence-corrected chi connectivity index (χ3v) is 7.42. The predicted octanol–water partition coefficient (Wildman–Crippen LogP) is 6.63. The lowest BCUT2D eigenvalue weighted by Crippen LogP contribution is -2.20. The number of carbonyl (C=O) groups excluding carboxylic acids is 1. The van der Waals surface area contributed by atoms with Crippen LogP contribution in [0.25, 0.3) is 0 Å². The van der Waals surface area contributed by atoms with Gasteiger partial charge in [0.15, 0.2) is 0 Å². The molecule has 35 heavy (non-hydrogen) atoms. The number of aromatic nitrogens is 2. The summed E-state index contributed by atoms with van der Waals surface area (Å²) < 4.78 is 14.4. The second-order valence-corrected chi connectivity index (χ2v) is 9.99. The molecular formula is C28H27FN4OS. The number of nitrogens with zero attached hydrogens (tertiary/aromatic N) is 2. The van der Waals surface area contributed by atoms with Crippen LogP contribution in [0.3, 0.4) is 0 Å². The number of thiophene rings is 1. The van der Waals surface area contributed by atoms with E-state index in [1.807, 2.05) is 44.2 Å². The maximum absolute atomic E-state index is 14.4. The maximum Gasteiger partial charge on any atom is 0.256 e. The van der Waals surface area contributed by atoms with Crippen LogP contribution in [0.15, 0.2) is 60.7 Å². The molecule has 1 aliphatic rings. The summed E-state index contributed by atoms with van der Waals surface area (Å²) in [6, 6.07) is 17.3. The van der Waals surface area contributed by atoms with Crippen molar-refractivity contribution in [1.82, 2.24) is 9.97 Å². The van der Waals surface area contributed by atoms with E-state index in [1.54, 1.807) is 29.5 Å². The third kappa shape index (κ3) is 5.10. The molecule has 1 atom stereocenters. The van der Waals surface area contributed by atoms with Gasteiger partial charge < -0.3 is 10.6 Å². The lowest BCUT2D eigenvalue weighted by Gasteiger charge is -2.24. The Kier molecular flexibility index (Phi) is 6.59. The number of hydrogen-bond acceptors (Lipinski definition) is 5. The van der Waals surface area contributed by atoms with Gasteiger partial charge in [0.1, 0.15) is 10.8 Å². The molecule has 0 saturated carbocycles. The fourth-order valence-electron chi connectivity index (χ4n) is 4.68. The number of hydrogen-bond donors (Lipinski definition) is 2. The van der Waals surface area contributed by atoms with Gasteiger partial charge in [-0.1, -0.05) is 30.3 Å². The number of carbonyl (C=O) groups is 1. The van der Waals surface area contributed by atoms with Gasteiger partial charge in [-0.25, -0.2) is 14.4 Å². The van der Waals surface area contributed by atoms with Crippen molar-refractivity contribution in [2.24, 2.45) is 0 Å². The number of halogens is 1. The van der Waals surface area contributed by atoms with Gasteiger partial charge in [0.05, 0.1) is 6.04 Å². The standard InChI is InChI=1S/C28H27FN4OS/c1-17-15-18(2)31-28(30-17)32-25(20-11-8-12-21(29)16-20)24-22-13-6-7-14-23(22)35-27(24)33-26(34)19-9-4-3-5-10-19/h3-5,8-12,15-16,25H,6-7,13-14H2,1-2H3,(H,33,34)(H,30,31,32)/t25-/m0/s1. The average Bonchev–Trinajstić information content (AvgIpc) is 3.20. The Hall–Kier alpha value is -3.58. The Bertz CT molecular complexity index is 1350. The van der Waals surface area contributed by atoms with Crippen molar-refractivity contribution in [3.63, 3.8) is 0 Å². The van der Waals surface area contributed by atoms with E-state index in [1.165, 1.54) is 22.6 Å². The molecule has 5 nitrogen and oxygen atoms in total. The molecule has 2 heterocycles. The number of fused-ring (bicyclic) bond motifs is 1. The molecule has 4 aromatic rings. The lowest BCUT2D eigenvalue weighted by molar-refractivity contribution is 0.102. The van der Waals surface area contributed by atoms with Gasteiger partial charge in [-0.3, -0.25) is 4.79 Å². The minimum Gasteiger partial charge on any atom is -0.343 e. The van der Waals surface area contributed by atoms with Gasteiger partial charge in [-0.2, -0.15) is 0 Å². The molecule has 1 aliphatic carbocycles. The summed E-state index contributed by atoms with van der Waals surface area (Å²) in [5, 5.41) is 7.43. The van der Waals surface area contributed by atoms with Crippen LogP contribution in [0.2, 0.25) is 0 Å². The Labute approximate surface area is 208 Å². The van der Waals surface area contributed by atoms with Crippen LogP contribution in [0, 0.1) is 19.7 Å². The minimum atomic E-state index is -0.420. The van der Waals surface area contributed by atoms with E-state index in [0.29, 0.717) is 11.5 Å². The Morgan fingerprint density at radius 2 is 1.71 bits per heavy atom. The van der Waals surface area contributed by atoms with Crippen molar-refractivity contribution < 1.29 is 9.18 Å². The van der Waals surface area contributed by atoms with Crippen molar-refractivity contribution in [2.75, 3.05) is 10.6 Å². The van der Waals surface area contributed by atoms with Crippen molar-refractivity contribution in [1.29, 1.82) is 0 Å². The van der Waals surface area contributed by atoms with Crippen LogP contribution in [0.4, 0.5) is 15.3 Å². The van der Waals surface area contributed by atoms with Crippen molar-refractivity contribution >= 4 is 28.2 Å². The van der Waals surface area contributed by atoms with Gasteiger partial charge in [0, 0.05) is 27.4 Å². The highest BCUT2D eigenvalue weighted by Crippen LogP contribution is 2.44. The van der Waals surface area contributed by atoms with Crippen molar-refractivity contribution in [3.8, 4) is 0 Å². The minimum absolute atomic E-state index is 0.161. The number of benzene rings is 2. The predicted molar refractivity (Wildman–Crippen MR) is 139 cm³/mol. The van der Waals surface area contributed by atoms with Gasteiger partial charge in [0.25, 0.3) is 5.91 Å². The fraction of sp³-hybridized carbons (Fsp3) is 0.250. The fourth-order valence-corrected chi connectivity index (χ4v) is 6.00. The van der Waals surface area contributed by atoms with E-state index in [0.717, 1.165) is 53.2 Å². The summed E-state index contributed by atoms with van der Waals surface area (Å²) in [5.74, 6) is 0.00792. The van der Waals surface area contributed by atoms with Crippen LogP contribution >= 0.6 is 11.3 Å². The van der Waals surface area contributed by atoms with Crippen LogP contribution in [0.1, 0.15) is 62.2 Å². The van der Waals surface area contributed by atoms with Gasteiger partial charge in [0.2, 0.25) is 5.95 Å². The largest absolute Gasteiger partial charge is 0.343 e. The Morgan fingerprint density at radius 3 is 2.46 bits per heavy atom. The molecule has 178 valence electrons. The van der Waals surface area contributed by atoms with Crippen LogP contribution in [0.5, 0.6) is 0 Å². The van der Waals surface area contributed by atoms with E-state index in [4.69, 9.17) is 0 Å². The van der Waals surface area contributed by atoms with Crippen LogP contribution < -0.4 is 10.6 Å². The summed E-state index contributed by atoms with van der Waals surface area (Å²) >= 11 is 1.62. The Balaban J connectivity index is 1.63. The Morgan fingerprint density at radius 1 is 0.971 bits per heavy atom. The summed E-state index contributed by atoms with van der Waals surface area (Å²) in [4.78, 5) is 23.6. The van der Waals surface area contributed by atoms with E-state index < -0.39 is 6.04 Å². The highest BCUT2D eigenvalue weighted by Gasteiger charge is 2.29. The first-order chi connectivity index (χ1) is 17.0. The highest BCUT2D eigenvalue weighted by molar-refractivity contribution is 7.16. The molecule has 5 rings (SSSR count). The summed E-state index contributed by atoms with van der Waals surface area (Å²) in [6.07, 6.45) is 4.10. The zero-order valence-corrected chi connectivity index (χ0v) is 20.6. The normalized spacial score (nSPS) is 13.7. The number of rotatable bonds is 6. The summed E-state index contributed by atoms with van der Waals surface area (Å²) in [6.45, 7) is 3.85. The molecule has 2 N–H and O–H groups in total. The molecule has 2 aromatic heterocycles. The number of amides is 1.